The Kier molecular flexibility index (Phi) is 4.36. The van der Waals surface area contributed by atoms with Gasteiger partial charge in [0.1, 0.15) is 0 Å². The molecule has 0 atom stereocenters. The average Bonchev–Trinajstić information content (AvgIpc) is 3.19. The van der Waals surface area contributed by atoms with Crippen molar-refractivity contribution in [1.29, 1.82) is 0 Å². The minimum atomic E-state index is 0.474. The predicted octanol–water partition coefficient (Wildman–Crippen LogP) is 5.92. The molecule has 0 aliphatic carbocycles. The molecule has 2 aromatic heterocycles. The van der Waals surface area contributed by atoms with Gasteiger partial charge >= 0.3 is 0 Å². The molecule has 2 aromatic carbocycles. The van der Waals surface area contributed by atoms with Crippen molar-refractivity contribution in [2.24, 2.45) is 0 Å². The van der Waals surface area contributed by atoms with Gasteiger partial charge < -0.3 is 4.98 Å². The Morgan fingerprint density at radius 3 is 2.73 bits per heavy atom. The molecule has 0 unspecified atom stereocenters. The lowest BCUT2D eigenvalue weighted by molar-refractivity contribution is 0.869. The molecule has 2 heterocycles. The first-order valence-corrected chi connectivity index (χ1v) is 8.86. The quantitative estimate of drug-likeness (QED) is 0.501. The van der Waals surface area contributed by atoms with E-state index in [0.717, 1.165) is 16.8 Å². The number of aromatic nitrogens is 3. The minimum absolute atomic E-state index is 0.474. The number of benzene rings is 2. The van der Waals surface area contributed by atoms with Gasteiger partial charge in [0.05, 0.1) is 23.7 Å². The molecule has 0 saturated heterocycles. The number of H-pyrrole nitrogens is 1. The van der Waals surface area contributed by atoms with Crippen molar-refractivity contribution in [3.8, 4) is 11.1 Å². The first-order chi connectivity index (χ1) is 12.7. The maximum Gasteiger partial charge on any atom is 0.0924 e. The molecule has 0 spiro atoms. The third-order valence-electron chi connectivity index (χ3n) is 4.57. The van der Waals surface area contributed by atoms with Crippen molar-refractivity contribution in [1.82, 2.24) is 15.0 Å². The summed E-state index contributed by atoms with van der Waals surface area (Å²) >= 11 is 0. The monoisotopic (exact) mass is 339 g/mol. The van der Waals surface area contributed by atoms with E-state index in [0.29, 0.717) is 5.92 Å². The average molecular weight is 339 g/mol. The summed E-state index contributed by atoms with van der Waals surface area (Å²) in [6.45, 7) is 4.45. The first kappa shape index (κ1) is 16.3. The normalized spacial score (nSPS) is 11.7. The zero-order chi connectivity index (χ0) is 17.9. The van der Waals surface area contributed by atoms with Crippen molar-refractivity contribution in [2.75, 3.05) is 0 Å². The number of imidazole rings is 1. The minimum Gasteiger partial charge on any atom is -0.345 e. The predicted molar refractivity (Wildman–Crippen MR) is 109 cm³/mol. The van der Waals surface area contributed by atoms with Gasteiger partial charge in [0, 0.05) is 17.1 Å². The summed E-state index contributed by atoms with van der Waals surface area (Å²) in [5.41, 5.74) is 6.89. The highest BCUT2D eigenvalue weighted by Crippen LogP contribution is 2.32. The van der Waals surface area contributed by atoms with Gasteiger partial charge in [-0.1, -0.05) is 44.2 Å². The highest BCUT2D eigenvalue weighted by Gasteiger charge is 2.10. The van der Waals surface area contributed by atoms with Gasteiger partial charge in [0.15, 0.2) is 0 Å². The second-order valence-corrected chi connectivity index (χ2v) is 6.76. The van der Waals surface area contributed by atoms with Crippen LogP contribution >= 0.6 is 0 Å². The van der Waals surface area contributed by atoms with Crippen LogP contribution in [0.4, 0.5) is 0 Å². The molecule has 0 aliphatic heterocycles. The summed E-state index contributed by atoms with van der Waals surface area (Å²) in [5, 5.41) is 1.19. The second kappa shape index (κ2) is 6.96. The fourth-order valence-electron chi connectivity index (χ4n) is 3.12. The zero-order valence-corrected chi connectivity index (χ0v) is 15.0. The molecule has 3 nitrogen and oxygen atoms in total. The van der Waals surface area contributed by atoms with E-state index in [1.54, 1.807) is 6.33 Å². The zero-order valence-electron chi connectivity index (χ0n) is 15.0. The Morgan fingerprint density at radius 1 is 1.00 bits per heavy atom. The van der Waals surface area contributed by atoms with E-state index >= 15 is 0 Å². The molecule has 0 bridgehead atoms. The van der Waals surface area contributed by atoms with Crippen molar-refractivity contribution >= 4 is 23.1 Å². The number of pyridine rings is 1. The summed E-state index contributed by atoms with van der Waals surface area (Å²) in [6.07, 6.45) is 9.49. The number of hydrogen-bond donors (Lipinski definition) is 1. The van der Waals surface area contributed by atoms with Crippen LogP contribution in [0.15, 0.2) is 67.3 Å². The van der Waals surface area contributed by atoms with Crippen LogP contribution in [0.3, 0.4) is 0 Å². The smallest absolute Gasteiger partial charge is 0.0924 e. The molecule has 128 valence electrons. The molecular formula is C23H21N3. The van der Waals surface area contributed by atoms with E-state index in [9.17, 15) is 0 Å². The lowest BCUT2D eigenvalue weighted by atomic mass is 9.93. The molecule has 0 aliphatic rings. The fourth-order valence-corrected chi connectivity index (χ4v) is 3.12. The lowest BCUT2D eigenvalue weighted by Gasteiger charge is -2.12. The van der Waals surface area contributed by atoms with Gasteiger partial charge in [-0.3, -0.25) is 4.98 Å². The number of hydrogen-bond acceptors (Lipinski definition) is 2. The van der Waals surface area contributed by atoms with Gasteiger partial charge in [-0.2, -0.15) is 0 Å². The maximum atomic E-state index is 4.64. The lowest BCUT2D eigenvalue weighted by Crippen LogP contribution is -1.92. The number of rotatable bonds is 4. The SMILES string of the molecule is CC(C)c1cc(-c2cccc(/C=C/c3cnc[nH]3)c2)c2ncccc2c1. The summed E-state index contributed by atoms with van der Waals surface area (Å²) in [4.78, 5) is 11.8. The highest BCUT2D eigenvalue weighted by molar-refractivity contribution is 5.94. The van der Waals surface area contributed by atoms with Gasteiger partial charge in [-0.15, -0.1) is 0 Å². The van der Waals surface area contributed by atoms with Crippen LogP contribution < -0.4 is 0 Å². The number of fused-ring (bicyclic) bond motifs is 1. The molecule has 0 radical (unpaired) electrons. The highest BCUT2D eigenvalue weighted by atomic mass is 14.8. The maximum absolute atomic E-state index is 4.64. The van der Waals surface area contributed by atoms with E-state index in [4.69, 9.17) is 0 Å². The molecule has 4 rings (SSSR count). The molecule has 0 saturated carbocycles. The molecule has 0 amide bonds. The van der Waals surface area contributed by atoms with Crippen molar-refractivity contribution in [3.63, 3.8) is 0 Å². The Hall–Kier alpha value is -3.20. The Bertz CT molecular complexity index is 1060. The van der Waals surface area contributed by atoms with Crippen LogP contribution in [0.25, 0.3) is 34.2 Å². The number of aromatic amines is 1. The van der Waals surface area contributed by atoms with Crippen LogP contribution in [0.1, 0.15) is 36.6 Å². The van der Waals surface area contributed by atoms with Crippen LogP contribution in [-0.4, -0.2) is 15.0 Å². The standard InChI is InChI=1S/C23H21N3/c1-16(2)20-12-19-7-4-10-25-23(19)22(13-20)18-6-3-5-17(11-18)8-9-21-14-24-15-26-21/h3-16H,1-2H3,(H,24,26)/b9-8+. The molecular weight excluding hydrogens is 318 g/mol. The van der Waals surface area contributed by atoms with E-state index < -0.39 is 0 Å². The Morgan fingerprint density at radius 2 is 1.92 bits per heavy atom. The largest absolute Gasteiger partial charge is 0.345 e. The van der Waals surface area contributed by atoms with Crippen LogP contribution in [0.2, 0.25) is 0 Å². The van der Waals surface area contributed by atoms with E-state index in [2.05, 4.69) is 77.3 Å². The van der Waals surface area contributed by atoms with Crippen LogP contribution in [0.5, 0.6) is 0 Å². The molecule has 3 heteroatoms. The fraction of sp³-hybridized carbons (Fsp3) is 0.130. The van der Waals surface area contributed by atoms with Gasteiger partial charge in [-0.05, 0) is 52.9 Å². The van der Waals surface area contributed by atoms with Crippen LogP contribution in [0, 0.1) is 0 Å². The summed E-state index contributed by atoms with van der Waals surface area (Å²) in [6, 6.07) is 17.2. The van der Waals surface area contributed by atoms with Crippen molar-refractivity contribution in [3.05, 3.63) is 84.1 Å². The number of nitrogens with zero attached hydrogens (tertiary/aromatic N) is 2. The van der Waals surface area contributed by atoms with Gasteiger partial charge in [0.25, 0.3) is 0 Å². The molecule has 1 N–H and O–H groups in total. The van der Waals surface area contributed by atoms with E-state index in [1.807, 2.05) is 24.5 Å². The molecule has 4 aromatic rings. The summed E-state index contributed by atoms with van der Waals surface area (Å²) in [7, 11) is 0. The Balaban J connectivity index is 1.81. The second-order valence-electron chi connectivity index (χ2n) is 6.76. The van der Waals surface area contributed by atoms with Crippen LogP contribution in [-0.2, 0) is 0 Å². The van der Waals surface area contributed by atoms with E-state index in [1.165, 1.54) is 22.1 Å². The third kappa shape index (κ3) is 3.29. The summed E-state index contributed by atoms with van der Waals surface area (Å²) in [5.74, 6) is 0.474. The topological polar surface area (TPSA) is 41.6 Å². The van der Waals surface area contributed by atoms with E-state index in [-0.39, 0.29) is 0 Å². The van der Waals surface area contributed by atoms with Crippen molar-refractivity contribution in [2.45, 2.75) is 19.8 Å². The van der Waals surface area contributed by atoms with Gasteiger partial charge in [-0.25, -0.2) is 4.98 Å². The first-order valence-electron chi connectivity index (χ1n) is 8.86. The molecule has 0 fully saturated rings. The Labute approximate surface area is 153 Å². The summed E-state index contributed by atoms with van der Waals surface area (Å²) < 4.78 is 0. The molecule has 26 heavy (non-hydrogen) atoms. The number of nitrogens with one attached hydrogen (secondary N) is 1. The van der Waals surface area contributed by atoms with Gasteiger partial charge in [0.2, 0.25) is 0 Å². The third-order valence-corrected chi connectivity index (χ3v) is 4.57. The van der Waals surface area contributed by atoms with Crippen molar-refractivity contribution < 1.29 is 0 Å².